The summed E-state index contributed by atoms with van der Waals surface area (Å²) in [5, 5.41) is 6.04. The Kier molecular flexibility index (Phi) is 3.49. The van der Waals surface area contributed by atoms with Gasteiger partial charge in [0.1, 0.15) is 0 Å². The second-order valence-electron chi connectivity index (χ2n) is 4.09. The van der Waals surface area contributed by atoms with Gasteiger partial charge in [0.25, 0.3) is 0 Å². The van der Waals surface area contributed by atoms with E-state index in [0.29, 0.717) is 18.7 Å². The molecule has 5 heteroatoms. The van der Waals surface area contributed by atoms with Crippen molar-refractivity contribution in [3.63, 3.8) is 0 Å². The molecule has 0 fully saturated rings. The first-order valence-corrected chi connectivity index (χ1v) is 5.66. The lowest BCUT2D eigenvalue weighted by Gasteiger charge is -2.11. The van der Waals surface area contributed by atoms with Crippen LogP contribution in [0.2, 0.25) is 0 Å². The summed E-state index contributed by atoms with van der Waals surface area (Å²) in [6, 6.07) is 3.74. The van der Waals surface area contributed by atoms with Crippen LogP contribution >= 0.6 is 0 Å². The SMILES string of the molecule is COCCCNc1cc2c(cc1N)CC(=O)N2. The van der Waals surface area contributed by atoms with Gasteiger partial charge >= 0.3 is 0 Å². The maximum atomic E-state index is 11.2. The number of amides is 1. The van der Waals surface area contributed by atoms with E-state index in [0.717, 1.165) is 29.9 Å². The summed E-state index contributed by atoms with van der Waals surface area (Å²) in [4.78, 5) is 11.2. The highest BCUT2D eigenvalue weighted by molar-refractivity contribution is 6.00. The molecule has 1 amide bonds. The van der Waals surface area contributed by atoms with Crippen molar-refractivity contribution in [3.05, 3.63) is 17.7 Å². The molecule has 2 rings (SSSR count). The zero-order chi connectivity index (χ0) is 12.3. The Balaban J connectivity index is 2.03. The second kappa shape index (κ2) is 5.05. The third-order valence-electron chi connectivity index (χ3n) is 2.74. The van der Waals surface area contributed by atoms with Gasteiger partial charge in [0.15, 0.2) is 0 Å². The highest BCUT2D eigenvalue weighted by atomic mass is 16.5. The molecule has 5 nitrogen and oxygen atoms in total. The Morgan fingerprint density at radius 3 is 3.12 bits per heavy atom. The van der Waals surface area contributed by atoms with Crippen LogP contribution in [0.15, 0.2) is 12.1 Å². The van der Waals surface area contributed by atoms with Crippen LogP contribution in [-0.4, -0.2) is 26.2 Å². The average molecular weight is 235 g/mol. The number of carbonyl (C=O) groups is 1. The molecule has 1 aromatic rings. The molecule has 1 aromatic carbocycles. The van der Waals surface area contributed by atoms with Crippen molar-refractivity contribution in [3.8, 4) is 0 Å². The quantitative estimate of drug-likeness (QED) is 0.529. The predicted octanol–water partition coefficient (Wildman–Crippen LogP) is 1.21. The van der Waals surface area contributed by atoms with Crippen LogP contribution in [0.5, 0.6) is 0 Å². The normalized spacial score (nSPS) is 13.4. The van der Waals surface area contributed by atoms with E-state index in [1.807, 2.05) is 12.1 Å². The number of nitrogens with one attached hydrogen (secondary N) is 2. The fourth-order valence-corrected chi connectivity index (χ4v) is 1.89. The van der Waals surface area contributed by atoms with E-state index in [-0.39, 0.29) is 5.91 Å². The van der Waals surface area contributed by atoms with Crippen LogP contribution < -0.4 is 16.4 Å². The molecule has 0 saturated carbocycles. The van der Waals surface area contributed by atoms with Gasteiger partial charge in [-0.1, -0.05) is 0 Å². The lowest BCUT2D eigenvalue weighted by molar-refractivity contribution is -0.115. The minimum Gasteiger partial charge on any atom is -0.397 e. The van der Waals surface area contributed by atoms with E-state index in [4.69, 9.17) is 10.5 Å². The van der Waals surface area contributed by atoms with Crippen molar-refractivity contribution < 1.29 is 9.53 Å². The molecule has 0 spiro atoms. The van der Waals surface area contributed by atoms with E-state index in [1.54, 1.807) is 7.11 Å². The zero-order valence-electron chi connectivity index (χ0n) is 9.88. The highest BCUT2D eigenvalue weighted by Crippen LogP contribution is 2.31. The summed E-state index contributed by atoms with van der Waals surface area (Å²) in [5.74, 6) is 0.0240. The van der Waals surface area contributed by atoms with E-state index < -0.39 is 0 Å². The van der Waals surface area contributed by atoms with Gasteiger partial charge < -0.3 is 21.1 Å². The molecule has 0 aromatic heterocycles. The third kappa shape index (κ3) is 2.68. The van der Waals surface area contributed by atoms with Gasteiger partial charge in [-0.25, -0.2) is 0 Å². The lowest BCUT2D eigenvalue weighted by atomic mass is 10.1. The number of methoxy groups -OCH3 is 1. The summed E-state index contributed by atoms with van der Waals surface area (Å²) in [7, 11) is 1.68. The summed E-state index contributed by atoms with van der Waals surface area (Å²) in [6.07, 6.45) is 1.34. The van der Waals surface area contributed by atoms with Gasteiger partial charge in [0.2, 0.25) is 5.91 Å². The Bertz CT molecular complexity index is 432. The van der Waals surface area contributed by atoms with Crippen molar-refractivity contribution in [1.29, 1.82) is 0 Å². The van der Waals surface area contributed by atoms with E-state index in [2.05, 4.69) is 10.6 Å². The number of carbonyl (C=O) groups excluding carboxylic acids is 1. The molecule has 0 unspecified atom stereocenters. The van der Waals surface area contributed by atoms with Gasteiger partial charge in [-0.15, -0.1) is 0 Å². The minimum absolute atomic E-state index is 0.0240. The van der Waals surface area contributed by atoms with E-state index in [9.17, 15) is 4.79 Å². The molecular weight excluding hydrogens is 218 g/mol. The molecule has 1 aliphatic heterocycles. The summed E-state index contributed by atoms with van der Waals surface area (Å²) in [5.41, 5.74) is 9.29. The van der Waals surface area contributed by atoms with Crippen LogP contribution in [-0.2, 0) is 16.0 Å². The van der Waals surface area contributed by atoms with Crippen molar-refractivity contribution in [2.45, 2.75) is 12.8 Å². The van der Waals surface area contributed by atoms with E-state index >= 15 is 0 Å². The fraction of sp³-hybridized carbons (Fsp3) is 0.417. The number of ether oxygens (including phenoxy) is 1. The first-order chi connectivity index (χ1) is 8.20. The molecule has 92 valence electrons. The van der Waals surface area contributed by atoms with Gasteiger partial charge in [-0.3, -0.25) is 4.79 Å². The molecular formula is C12H17N3O2. The van der Waals surface area contributed by atoms with Crippen molar-refractivity contribution in [2.24, 2.45) is 0 Å². The van der Waals surface area contributed by atoms with Crippen molar-refractivity contribution >= 4 is 23.0 Å². The molecule has 4 N–H and O–H groups in total. The zero-order valence-corrected chi connectivity index (χ0v) is 9.88. The van der Waals surface area contributed by atoms with E-state index in [1.165, 1.54) is 0 Å². The van der Waals surface area contributed by atoms with Crippen LogP contribution in [0.3, 0.4) is 0 Å². The molecule has 1 heterocycles. The first kappa shape index (κ1) is 11.7. The monoisotopic (exact) mass is 235 g/mol. The number of hydrogen-bond donors (Lipinski definition) is 3. The van der Waals surface area contributed by atoms with Gasteiger partial charge in [-0.05, 0) is 24.1 Å². The Hall–Kier alpha value is -1.75. The average Bonchev–Trinajstić information content (AvgIpc) is 2.63. The summed E-state index contributed by atoms with van der Waals surface area (Å²) >= 11 is 0. The number of nitrogens with two attached hydrogens (primary N) is 1. The standard InChI is InChI=1S/C12H17N3O2/c1-17-4-2-3-14-11-7-10-8(5-9(11)13)6-12(16)15-10/h5,7,14H,2-4,6,13H2,1H3,(H,15,16). The first-order valence-electron chi connectivity index (χ1n) is 5.66. The maximum absolute atomic E-state index is 11.2. The number of nitrogen functional groups attached to an aromatic ring is 1. The van der Waals surface area contributed by atoms with Gasteiger partial charge in [0.05, 0.1) is 17.8 Å². The number of fused-ring (bicyclic) bond motifs is 1. The summed E-state index contributed by atoms with van der Waals surface area (Å²) < 4.78 is 4.97. The van der Waals surface area contributed by atoms with Crippen LogP contribution in [0.4, 0.5) is 17.1 Å². The number of benzene rings is 1. The molecule has 1 aliphatic rings. The largest absolute Gasteiger partial charge is 0.397 e. The van der Waals surface area contributed by atoms with Gasteiger partial charge in [-0.2, -0.15) is 0 Å². The Labute approximate surface area is 100 Å². The number of anilines is 3. The lowest BCUT2D eigenvalue weighted by Crippen LogP contribution is -2.07. The fourth-order valence-electron chi connectivity index (χ4n) is 1.89. The third-order valence-corrected chi connectivity index (χ3v) is 2.74. The number of rotatable bonds is 5. The molecule has 0 bridgehead atoms. The molecule has 0 radical (unpaired) electrons. The van der Waals surface area contributed by atoms with Crippen LogP contribution in [0.1, 0.15) is 12.0 Å². The summed E-state index contributed by atoms with van der Waals surface area (Å²) in [6.45, 7) is 1.51. The Morgan fingerprint density at radius 2 is 2.35 bits per heavy atom. The predicted molar refractivity (Wildman–Crippen MR) is 68.2 cm³/mol. The van der Waals surface area contributed by atoms with Crippen molar-refractivity contribution in [1.82, 2.24) is 0 Å². The topological polar surface area (TPSA) is 76.4 Å². The Morgan fingerprint density at radius 1 is 1.53 bits per heavy atom. The van der Waals surface area contributed by atoms with Crippen molar-refractivity contribution in [2.75, 3.05) is 36.6 Å². The molecule has 17 heavy (non-hydrogen) atoms. The second-order valence-corrected chi connectivity index (χ2v) is 4.09. The molecule has 0 aliphatic carbocycles. The molecule has 0 saturated heterocycles. The smallest absolute Gasteiger partial charge is 0.228 e. The number of hydrogen-bond acceptors (Lipinski definition) is 4. The minimum atomic E-state index is 0.0240. The molecule has 0 atom stereocenters. The van der Waals surface area contributed by atoms with Crippen LogP contribution in [0.25, 0.3) is 0 Å². The van der Waals surface area contributed by atoms with Crippen LogP contribution in [0, 0.1) is 0 Å². The highest BCUT2D eigenvalue weighted by Gasteiger charge is 2.18. The van der Waals surface area contributed by atoms with Gasteiger partial charge in [0, 0.05) is 25.9 Å². The maximum Gasteiger partial charge on any atom is 0.228 e.